The van der Waals surface area contributed by atoms with Crippen molar-refractivity contribution < 1.29 is 5.11 Å². The number of nitrogen functional groups attached to an aromatic ring is 1. The second-order valence-corrected chi connectivity index (χ2v) is 7.31. The molecule has 0 saturated carbocycles. The summed E-state index contributed by atoms with van der Waals surface area (Å²) in [5, 5.41) is 10.9. The van der Waals surface area contributed by atoms with Crippen molar-refractivity contribution in [3.05, 3.63) is 16.3 Å². The van der Waals surface area contributed by atoms with E-state index in [1.807, 2.05) is 0 Å². The predicted octanol–water partition coefficient (Wildman–Crippen LogP) is 2.48. The molecule has 0 saturated heterocycles. The van der Waals surface area contributed by atoms with Crippen LogP contribution in [0.25, 0.3) is 10.2 Å². The molecule has 0 radical (unpaired) electrons. The minimum absolute atomic E-state index is 0.552. The van der Waals surface area contributed by atoms with E-state index in [0.29, 0.717) is 24.7 Å². The van der Waals surface area contributed by atoms with Crippen LogP contribution in [0.4, 0.5) is 5.82 Å². The molecule has 0 aliphatic heterocycles. The van der Waals surface area contributed by atoms with Crippen molar-refractivity contribution in [1.82, 2.24) is 14.9 Å². The van der Waals surface area contributed by atoms with E-state index in [4.69, 9.17) is 5.73 Å². The van der Waals surface area contributed by atoms with E-state index >= 15 is 0 Å². The molecule has 5 nitrogen and oxygen atoms in total. The Hall–Kier alpha value is -1.24. The molecule has 0 amide bonds. The zero-order chi connectivity index (χ0) is 15.8. The fraction of sp³-hybridized carbons (Fsp3) is 0.600. The van der Waals surface area contributed by atoms with Crippen molar-refractivity contribution in [2.75, 3.05) is 18.8 Å². The topological polar surface area (TPSA) is 75.3 Å². The number of nitrogens with zero attached hydrogens (tertiary/aromatic N) is 3. The molecular formula is C15H24N4OS. The van der Waals surface area contributed by atoms with Gasteiger partial charge in [0, 0.05) is 11.4 Å². The number of aryl methyl sites for hydroxylation is 2. The first-order chi connectivity index (χ1) is 9.71. The first-order valence-corrected chi connectivity index (χ1v) is 7.99. The van der Waals surface area contributed by atoms with Gasteiger partial charge in [0.1, 0.15) is 16.5 Å². The molecule has 6 heteroatoms. The van der Waals surface area contributed by atoms with E-state index in [1.54, 1.807) is 25.2 Å². The Morgan fingerprint density at radius 2 is 1.95 bits per heavy atom. The Bertz CT molecular complexity index is 645. The van der Waals surface area contributed by atoms with Gasteiger partial charge in [0.2, 0.25) is 0 Å². The van der Waals surface area contributed by atoms with Crippen LogP contribution in [0.2, 0.25) is 0 Å². The van der Waals surface area contributed by atoms with Gasteiger partial charge in [-0.05, 0) is 39.8 Å². The van der Waals surface area contributed by atoms with Crippen LogP contribution in [0, 0.1) is 13.8 Å². The number of nitrogens with two attached hydrogens (primary N) is 1. The molecule has 3 N–H and O–H groups in total. The van der Waals surface area contributed by atoms with E-state index < -0.39 is 5.60 Å². The van der Waals surface area contributed by atoms with Gasteiger partial charge in [-0.15, -0.1) is 11.3 Å². The number of thiophene rings is 1. The summed E-state index contributed by atoms with van der Waals surface area (Å²) >= 11 is 1.66. The molecule has 2 aromatic rings. The smallest absolute Gasteiger partial charge is 0.146 e. The summed E-state index contributed by atoms with van der Waals surface area (Å²) in [7, 11) is 0. The van der Waals surface area contributed by atoms with Crippen molar-refractivity contribution in [2.24, 2.45) is 0 Å². The van der Waals surface area contributed by atoms with Crippen molar-refractivity contribution in [1.29, 1.82) is 0 Å². The summed E-state index contributed by atoms with van der Waals surface area (Å²) in [6, 6.07) is 0. The third-order valence-electron chi connectivity index (χ3n) is 3.53. The number of fused-ring (bicyclic) bond motifs is 1. The Balaban J connectivity index is 2.30. The van der Waals surface area contributed by atoms with Crippen LogP contribution in [0.15, 0.2) is 0 Å². The first kappa shape index (κ1) is 16.1. The maximum atomic E-state index is 9.96. The van der Waals surface area contributed by atoms with Crippen LogP contribution < -0.4 is 5.73 Å². The Morgan fingerprint density at radius 3 is 2.52 bits per heavy atom. The lowest BCUT2D eigenvalue weighted by molar-refractivity contribution is 0.0346. The fourth-order valence-corrected chi connectivity index (χ4v) is 3.48. The molecule has 116 valence electrons. The van der Waals surface area contributed by atoms with Crippen LogP contribution in [0.5, 0.6) is 0 Å². The average Bonchev–Trinajstić information content (AvgIpc) is 2.62. The zero-order valence-corrected chi connectivity index (χ0v) is 14.2. The van der Waals surface area contributed by atoms with Crippen molar-refractivity contribution in [3.63, 3.8) is 0 Å². The predicted molar refractivity (Wildman–Crippen MR) is 88.6 cm³/mol. The molecule has 0 fully saturated rings. The third-order valence-corrected chi connectivity index (χ3v) is 4.63. The highest BCUT2D eigenvalue weighted by atomic mass is 32.1. The number of anilines is 1. The largest absolute Gasteiger partial charge is 0.389 e. The van der Waals surface area contributed by atoms with Crippen molar-refractivity contribution in [2.45, 2.75) is 46.8 Å². The molecule has 0 bridgehead atoms. The second-order valence-electron chi connectivity index (χ2n) is 6.10. The standard InChI is InChI=1S/C15H24N4OS/c1-6-19(8-15(4,5)20)7-11-17-13(16)12-9(2)10(3)21-14(12)18-11/h20H,6-8H2,1-5H3,(H2,16,17,18). The normalized spacial score (nSPS) is 12.5. The minimum Gasteiger partial charge on any atom is -0.389 e. The Labute approximate surface area is 129 Å². The van der Waals surface area contributed by atoms with E-state index in [1.165, 1.54) is 10.4 Å². The lowest BCUT2D eigenvalue weighted by Gasteiger charge is -2.27. The van der Waals surface area contributed by atoms with Crippen LogP contribution in [-0.4, -0.2) is 38.7 Å². The van der Waals surface area contributed by atoms with E-state index in [-0.39, 0.29) is 0 Å². The van der Waals surface area contributed by atoms with Gasteiger partial charge in [-0.25, -0.2) is 9.97 Å². The highest BCUT2D eigenvalue weighted by Crippen LogP contribution is 2.31. The second kappa shape index (κ2) is 5.87. The minimum atomic E-state index is -0.734. The molecule has 0 spiro atoms. The van der Waals surface area contributed by atoms with Crippen LogP contribution in [0.1, 0.15) is 37.0 Å². The monoisotopic (exact) mass is 308 g/mol. The lowest BCUT2D eigenvalue weighted by Crippen LogP contribution is -2.38. The average molecular weight is 308 g/mol. The lowest BCUT2D eigenvalue weighted by atomic mass is 10.1. The molecule has 21 heavy (non-hydrogen) atoms. The van der Waals surface area contributed by atoms with Crippen molar-refractivity contribution >= 4 is 27.4 Å². The van der Waals surface area contributed by atoms with Gasteiger partial charge in [-0.3, -0.25) is 4.90 Å². The third kappa shape index (κ3) is 3.70. The van der Waals surface area contributed by atoms with Gasteiger partial charge in [0.25, 0.3) is 0 Å². The highest BCUT2D eigenvalue weighted by Gasteiger charge is 2.19. The Morgan fingerprint density at radius 1 is 1.29 bits per heavy atom. The summed E-state index contributed by atoms with van der Waals surface area (Å²) in [4.78, 5) is 13.4. The van der Waals surface area contributed by atoms with Crippen LogP contribution >= 0.6 is 11.3 Å². The van der Waals surface area contributed by atoms with Crippen LogP contribution in [0.3, 0.4) is 0 Å². The molecule has 0 unspecified atom stereocenters. The van der Waals surface area contributed by atoms with Gasteiger partial charge in [0.05, 0.1) is 17.5 Å². The van der Waals surface area contributed by atoms with E-state index in [0.717, 1.165) is 16.8 Å². The molecule has 2 rings (SSSR count). The number of aromatic nitrogens is 2. The van der Waals surface area contributed by atoms with E-state index in [2.05, 4.69) is 35.6 Å². The quantitative estimate of drug-likeness (QED) is 0.887. The zero-order valence-electron chi connectivity index (χ0n) is 13.4. The van der Waals surface area contributed by atoms with Gasteiger partial charge < -0.3 is 10.8 Å². The number of rotatable bonds is 5. The van der Waals surface area contributed by atoms with Gasteiger partial charge >= 0.3 is 0 Å². The number of likely N-dealkylation sites (N-methyl/N-ethyl adjacent to an activating group) is 1. The van der Waals surface area contributed by atoms with Gasteiger partial charge in [-0.2, -0.15) is 0 Å². The number of aliphatic hydroxyl groups is 1. The number of hydrogen-bond acceptors (Lipinski definition) is 6. The number of hydrogen-bond donors (Lipinski definition) is 2. The molecule has 2 heterocycles. The van der Waals surface area contributed by atoms with E-state index in [9.17, 15) is 5.11 Å². The van der Waals surface area contributed by atoms with Crippen molar-refractivity contribution in [3.8, 4) is 0 Å². The summed E-state index contributed by atoms with van der Waals surface area (Å²) in [6.07, 6.45) is 0. The summed E-state index contributed by atoms with van der Waals surface area (Å²) < 4.78 is 0. The van der Waals surface area contributed by atoms with Gasteiger partial charge in [0.15, 0.2) is 0 Å². The maximum absolute atomic E-state index is 9.96. The molecule has 0 aliphatic rings. The molecular weight excluding hydrogens is 284 g/mol. The molecule has 0 aromatic carbocycles. The van der Waals surface area contributed by atoms with Gasteiger partial charge in [-0.1, -0.05) is 6.92 Å². The first-order valence-electron chi connectivity index (χ1n) is 7.18. The highest BCUT2D eigenvalue weighted by molar-refractivity contribution is 7.18. The summed E-state index contributed by atoms with van der Waals surface area (Å²) in [5.74, 6) is 1.27. The molecule has 2 aromatic heterocycles. The molecule has 0 aliphatic carbocycles. The molecule has 0 atom stereocenters. The Kier molecular flexibility index (Phi) is 4.51. The SMILES string of the molecule is CCN(Cc1nc(N)c2c(C)c(C)sc2n1)CC(C)(C)O. The maximum Gasteiger partial charge on any atom is 0.146 e. The van der Waals surface area contributed by atoms with Crippen LogP contribution in [-0.2, 0) is 6.54 Å². The summed E-state index contributed by atoms with van der Waals surface area (Å²) in [6.45, 7) is 11.8. The fourth-order valence-electron chi connectivity index (χ4n) is 2.42. The summed E-state index contributed by atoms with van der Waals surface area (Å²) in [5.41, 5.74) is 6.54.